The van der Waals surface area contributed by atoms with Crippen molar-refractivity contribution < 1.29 is 9.69 Å². The number of nitrogens with zero attached hydrogens (tertiary/aromatic N) is 1. The van der Waals surface area contributed by atoms with Gasteiger partial charge in [-0.25, -0.2) is 5.43 Å². The number of hydrazone groups is 1. The molecule has 0 atom stereocenters. The molecule has 0 aromatic heterocycles. The third-order valence-corrected chi connectivity index (χ3v) is 5.24. The predicted molar refractivity (Wildman–Crippen MR) is 95.8 cm³/mol. The number of piperidine rings is 1. The summed E-state index contributed by atoms with van der Waals surface area (Å²) in [5.74, 6) is 0.0977. The molecule has 2 fully saturated rings. The first kappa shape index (κ1) is 18.4. The summed E-state index contributed by atoms with van der Waals surface area (Å²) in [5, 5.41) is 4.48. The van der Waals surface area contributed by atoms with Crippen molar-refractivity contribution in [2.45, 2.75) is 89.9 Å². The summed E-state index contributed by atoms with van der Waals surface area (Å²) in [6, 6.07) is 0. The first-order valence-corrected chi connectivity index (χ1v) is 10.0. The number of hydrogen-bond donors (Lipinski definition) is 2. The van der Waals surface area contributed by atoms with Gasteiger partial charge in [0.1, 0.15) is 0 Å². The lowest BCUT2D eigenvalue weighted by atomic mass is 10.00. The zero-order valence-electron chi connectivity index (χ0n) is 14.9. The molecule has 0 aromatic carbocycles. The average molecular weight is 323 g/mol. The lowest BCUT2D eigenvalue weighted by Gasteiger charge is -2.22. The third-order valence-electron chi connectivity index (χ3n) is 5.24. The lowest BCUT2D eigenvalue weighted by molar-refractivity contribution is -0.896. The van der Waals surface area contributed by atoms with Gasteiger partial charge in [0.25, 0.3) is 5.91 Å². The van der Waals surface area contributed by atoms with Crippen molar-refractivity contribution in [2.24, 2.45) is 5.10 Å². The van der Waals surface area contributed by atoms with Crippen molar-refractivity contribution >= 4 is 11.6 Å². The lowest BCUT2D eigenvalue weighted by Crippen LogP contribution is -3.13. The van der Waals surface area contributed by atoms with Crippen molar-refractivity contribution in [3.05, 3.63) is 0 Å². The van der Waals surface area contributed by atoms with Crippen LogP contribution in [0.1, 0.15) is 89.9 Å². The number of nitrogens with one attached hydrogen (secondary N) is 2. The van der Waals surface area contributed by atoms with Crippen molar-refractivity contribution in [3.63, 3.8) is 0 Å². The van der Waals surface area contributed by atoms with Crippen molar-refractivity contribution in [2.75, 3.05) is 19.6 Å². The van der Waals surface area contributed by atoms with Gasteiger partial charge >= 0.3 is 0 Å². The van der Waals surface area contributed by atoms with E-state index in [1.807, 2.05) is 0 Å². The number of carbonyl (C=O) groups is 1. The highest BCUT2D eigenvalue weighted by Gasteiger charge is 2.17. The Bertz CT molecular complexity index is 348. The van der Waals surface area contributed by atoms with Gasteiger partial charge in [-0.05, 0) is 44.9 Å². The highest BCUT2D eigenvalue weighted by molar-refractivity contribution is 5.86. The molecule has 0 bridgehead atoms. The van der Waals surface area contributed by atoms with E-state index in [0.717, 1.165) is 25.9 Å². The Hall–Kier alpha value is -0.900. The molecule has 4 nitrogen and oxygen atoms in total. The van der Waals surface area contributed by atoms with Gasteiger partial charge in [0, 0.05) is 5.71 Å². The molecule has 23 heavy (non-hydrogen) atoms. The minimum atomic E-state index is 0.0977. The van der Waals surface area contributed by atoms with E-state index in [0.29, 0.717) is 6.54 Å². The number of likely N-dealkylation sites (tertiary alicyclic amines) is 1. The fourth-order valence-electron chi connectivity index (χ4n) is 3.77. The van der Waals surface area contributed by atoms with Crippen molar-refractivity contribution in [3.8, 4) is 0 Å². The second-order valence-electron chi connectivity index (χ2n) is 7.38. The molecular formula is C19H36N3O+. The van der Waals surface area contributed by atoms with Crippen LogP contribution in [0, 0.1) is 0 Å². The molecular weight excluding hydrogens is 286 g/mol. The van der Waals surface area contributed by atoms with E-state index in [-0.39, 0.29) is 5.91 Å². The highest BCUT2D eigenvalue weighted by Crippen LogP contribution is 2.15. The molecule has 1 amide bonds. The van der Waals surface area contributed by atoms with Crippen LogP contribution in [0.3, 0.4) is 0 Å². The summed E-state index contributed by atoms with van der Waals surface area (Å²) >= 11 is 0. The number of amides is 1. The average Bonchev–Trinajstić information content (AvgIpc) is 2.55. The molecule has 2 N–H and O–H groups in total. The van der Waals surface area contributed by atoms with Crippen molar-refractivity contribution in [1.82, 2.24) is 5.43 Å². The van der Waals surface area contributed by atoms with E-state index >= 15 is 0 Å². The Labute approximate surface area is 142 Å². The second kappa shape index (κ2) is 11.6. The van der Waals surface area contributed by atoms with Gasteiger partial charge in [-0.15, -0.1) is 0 Å². The number of quaternary nitrogens is 1. The van der Waals surface area contributed by atoms with Gasteiger partial charge in [-0.1, -0.05) is 44.9 Å². The van der Waals surface area contributed by atoms with Gasteiger partial charge in [0.05, 0.1) is 13.1 Å². The summed E-state index contributed by atoms with van der Waals surface area (Å²) < 4.78 is 0. The van der Waals surface area contributed by atoms with Gasteiger partial charge in [-0.2, -0.15) is 5.10 Å². The summed E-state index contributed by atoms with van der Waals surface area (Å²) in [5.41, 5.74) is 4.06. The number of rotatable bonds is 3. The maximum Gasteiger partial charge on any atom is 0.295 e. The molecule has 1 aliphatic carbocycles. The van der Waals surface area contributed by atoms with E-state index in [1.54, 1.807) is 0 Å². The molecule has 0 aromatic rings. The molecule has 2 rings (SSSR count). The van der Waals surface area contributed by atoms with E-state index in [2.05, 4.69) is 10.5 Å². The topological polar surface area (TPSA) is 45.9 Å². The highest BCUT2D eigenvalue weighted by atomic mass is 16.2. The zero-order chi connectivity index (χ0) is 16.2. The van der Waals surface area contributed by atoms with Gasteiger partial charge in [0.15, 0.2) is 6.54 Å². The van der Waals surface area contributed by atoms with E-state index < -0.39 is 0 Å². The fourth-order valence-corrected chi connectivity index (χ4v) is 3.77. The van der Waals surface area contributed by atoms with E-state index in [9.17, 15) is 4.79 Å². The van der Waals surface area contributed by atoms with Crippen molar-refractivity contribution in [1.29, 1.82) is 0 Å². The summed E-state index contributed by atoms with van der Waals surface area (Å²) in [4.78, 5) is 13.5. The normalized spacial score (nSPS) is 22.7. The maximum atomic E-state index is 12.1. The van der Waals surface area contributed by atoms with Crippen LogP contribution in [-0.2, 0) is 4.79 Å². The third kappa shape index (κ3) is 8.50. The molecule has 0 spiro atoms. The summed E-state index contributed by atoms with van der Waals surface area (Å²) in [6.07, 6.45) is 18.0. The summed E-state index contributed by atoms with van der Waals surface area (Å²) in [6.45, 7) is 2.88. The quantitative estimate of drug-likeness (QED) is 0.771. The molecule has 1 saturated heterocycles. The molecule has 1 heterocycles. The Morgan fingerprint density at radius 2 is 1.26 bits per heavy atom. The Balaban J connectivity index is 1.73. The fraction of sp³-hybridized carbons (Fsp3) is 0.895. The first-order chi connectivity index (χ1) is 11.3. The van der Waals surface area contributed by atoms with Crippen LogP contribution in [-0.4, -0.2) is 31.3 Å². The van der Waals surface area contributed by atoms with Crippen LogP contribution < -0.4 is 10.3 Å². The van der Waals surface area contributed by atoms with E-state index in [4.69, 9.17) is 0 Å². The van der Waals surface area contributed by atoms with Crippen LogP contribution >= 0.6 is 0 Å². The van der Waals surface area contributed by atoms with Gasteiger partial charge < -0.3 is 4.90 Å². The van der Waals surface area contributed by atoms with Crippen LogP contribution in [0.5, 0.6) is 0 Å². The van der Waals surface area contributed by atoms with Crippen LogP contribution in [0.4, 0.5) is 0 Å². The SMILES string of the molecule is O=C(C[NH+]1CCCCC1)NN=C1CCCCCCCCCCC1. The number of hydrogen-bond acceptors (Lipinski definition) is 2. The Morgan fingerprint density at radius 1 is 0.783 bits per heavy atom. The minimum absolute atomic E-state index is 0.0977. The predicted octanol–water partition coefficient (Wildman–Crippen LogP) is 2.83. The molecule has 4 heteroatoms. The van der Waals surface area contributed by atoms with Crippen LogP contribution in [0.15, 0.2) is 5.10 Å². The van der Waals surface area contributed by atoms with E-state index in [1.165, 1.54) is 87.7 Å². The standard InChI is InChI=1S/C19H35N3O/c23-19(17-22-15-11-8-12-16-22)21-20-18-13-9-6-4-2-1-3-5-7-10-14-18/h1-17H2,(H,21,23)/p+1. The zero-order valence-corrected chi connectivity index (χ0v) is 14.9. The summed E-state index contributed by atoms with van der Waals surface area (Å²) in [7, 11) is 0. The molecule has 1 aliphatic heterocycles. The Morgan fingerprint density at radius 3 is 1.83 bits per heavy atom. The molecule has 132 valence electrons. The number of carbonyl (C=O) groups excluding carboxylic acids is 1. The minimum Gasteiger partial charge on any atom is -0.327 e. The van der Waals surface area contributed by atoms with Gasteiger partial charge in [0.2, 0.25) is 0 Å². The smallest absolute Gasteiger partial charge is 0.295 e. The molecule has 0 radical (unpaired) electrons. The second-order valence-corrected chi connectivity index (χ2v) is 7.38. The Kier molecular flexibility index (Phi) is 9.31. The molecule has 2 aliphatic rings. The molecule has 0 unspecified atom stereocenters. The maximum absolute atomic E-state index is 12.1. The molecule has 1 saturated carbocycles. The first-order valence-electron chi connectivity index (χ1n) is 10.0. The van der Waals surface area contributed by atoms with Crippen LogP contribution in [0.25, 0.3) is 0 Å². The monoisotopic (exact) mass is 322 g/mol. The van der Waals surface area contributed by atoms with Crippen LogP contribution in [0.2, 0.25) is 0 Å². The van der Waals surface area contributed by atoms with Gasteiger partial charge in [-0.3, -0.25) is 4.79 Å². The largest absolute Gasteiger partial charge is 0.327 e.